The first kappa shape index (κ1) is 19.1. The number of benzene rings is 2. The van der Waals surface area contributed by atoms with Crippen LogP contribution < -0.4 is 14.8 Å². The van der Waals surface area contributed by atoms with Gasteiger partial charge in [0.2, 0.25) is 0 Å². The third-order valence-electron chi connectivity index (χ3n) is 4.10. The van der Waals surface area contributed by atoms with Gasteiger partial charge in [0.05, 0.1) is 16.8 Å². The third kappa shape index (κ3) is 4.27. The normalized spacial score (nSPS) is 11.0. The maximum atomic E-state index is 12.9. The van der Waals surface area contributed by atoms with E-state index in [4.69, 9.17) is 9.47 Å². The second-order valence-electron chi connectivity index (χ2n) is 6.28. The Morgan fingerprint density at radius 3 is 2.79 bits per heavy atom. The molecule has 8 heteroatoms. The van der Waals surface area contributed by atoms with Gasteiger partial charge in [-0.1, -0.05) is 18.3 Å². The molecule has 1 amide bonds. The summed E-state index contributed by atoms with van der Waals surface area (Å²) >= 11 is 1.36. The zero-order valence-corrected chi connectivity index (χ0v) is 16.5. The van der Waals surface area contributed by atoms with Crippen LogP contribution in [-0.4, -0.2) is 29.1 Å². The molecule has 0 spiro atoms. The summed E-state index contributed by atoms with van der Waals surface area (Å²) in [5.41, 5.74) is 1.51. The standard InChI is InChI=1S/C21H18FN3O3S/c1-2-10-27-16-11-17-20(15-4-3-9-23-19(15)16)25-21(29-17)24-18(26)12-28-14-7-5-13(22)6-8-14/h3-9,11H,2,10,12H2,1H3,(H,24,25,26). The largest absolute Gasteiger partial charge is 0.491 e. The summed E-state index contributed by atoms with van der Waals surface area (Å²) in [6.07, 6.45) is 2.61. The molecule has 148 valence electrons. The summed E-state index contributed by atoms with van der Waals surface area (Å²) in [5, 5.41) is 4.08. The second-order valence-corrected chi connectivity index (χ2v) is 7.31. The van der Waals surface area contributed by atoms with Crippen LogP contribution in [0, 0.1) is 5.82 Å². The Balaban J connectivity index is 1.54. The van der Waals surface area contributed by atoms with Gasteiger partial charge in [0.15, 0.2) is 11.7 Å². The van der Waals surface area contributed by atoms with Crippen LogP contribution in [0.5, 0.6) is 11.5 Å². The predicted octanol–water partition coefficient (Wildman–Crippen LogP) is 4.79. The van der Waals surface area contributed by atoms with Gasteiger partial charge in [-0.25, -0.2) is 9.37 Å². The Hall–Kier alpha value is -3.26. The average Bonchev–Trinajstić information content (AvgIpc) is 3.14. The molecule has 0 radical (unpaired) electrons. The van der Waals surface area contributed by atoms with E-state index in [9.17, 15) is 9.18 Å². The first-order chi connectivity index (χ1) is 14.1. The number of aromatic nitrogens is 2. The molecular formula is C21H18FN3O3S. The van der Waals surface area contributed by atoms with Gasteiger partial charge < -0.3 is 9.47 Å². The highest BCUT2D eigenvalue weighted by Gasteiger charge is 2.15. The van der Waals surface area contributed by atoms with Crippen LogP contribution in [0.1, 0.15) is 13.3 Å². The number of pyridine rings is 1. The minimum Gasteiger partial charge on any atom is -0.491 e. The van der Waals surface area contributed by atoms with Crippen molar-refractivity contribution < 1.29 is 18.7 Å². The number of rotatable bonds is 7. The predicted molar refractivity (Wildman–Crippen MR) is 111 cm³/mol. The molecule has 0 atom stereocenters. The first-order valence-electron chi connectivity index (χ1n) is 9.13. The van der Waals surface area contributed by atoms with Crippen molar-refractivity contribution in [1.82, 2.24) is 9.97 Å². The fourth-order valence-corrected chi connectivity index (χ4v) is 3.74. The molecule has 2 aromatic heterocycles. The Morgan fingerprint density at radius 2 is 2.00 bits per heavy atom. The van der Waals surface area contributed by atoms with E-state index in [-0.39, 0.29) is 18.3 Å². The molecule has 0 bridgehead atoms. The van der Waals surface area contributed by atoms with Gasteiger partial charge >= 0.3 is 0 Å². The van der Waals surface area contributed by atoms with E-state index in [2.05, 4.69) is 15.3 Å². The number of ether oxygens (including phenoxy) is 2. The third-order valence-corrected chi connectivity index (χ3v) is 5.02. The lowest BCUT2D eigenvalue weighted by molar-refractivity contribution is -0.118. The van der Waals surface area contributed by atoms with Gasteiger partial charge in [0.1, 0.15) is 22.8 Å². The molecule has 2 aromatic carbocycles. The van der Waals surface area contributed by atoms with Crippen LogP contribution in [0.15, 0.2) is 48.7 Å². The van der Waals surface area contributed by atoms with Gasteiger partial charge in [-0.15, -0.1) is 0 Å². The SMILES string of the molecule is CCCOc1cc2sc(NC(=O)COc3ccc(F)cc3)nc2c2cccnc12. The molecule has 0 unspecified atom stereocenters. The van der Waals surface area contributed by atoms with E-state index >= 15 is 0 Å². The van der Waals surface area contributed by atoms with Gasteiger partial charge in [0, 0.05) is 17.6 Å². The zero-order chi connectivity index (χ0) is 20.2. The maximum absolute atomic E-state index is 12.9. The van der Waals surface area contributed by atoms with E-state index in [0.29, 0.717) is 23.2 Å². The monoisotopic (exact) mass is 411 g/mol. The van der Waals surface area contributed by atoms with Crippen molar-refractivity contribution in [2.75, 3.05) is 18.5 Å². The number of amides is 1. The fourth-order valence-electron chi connectivity index (χ4n) is 2.81. The van der Waals surface area contributed by atoms with Gasteiger partial charge in [-0.3, -0.25) is 15.1 Å². The lowest BCUT2D eigenvalue weighted by Crippen LogP contribution is -2.19. The highest BCUT2D eigenvalue weighted by molar-refractivity contribution is 7.22. The number of nitrogens with one attached hydrogen (secondary N) is 1. The minimum absolute atomic E-state index is 0.200. The van der Waals surface area contributed by atoms with E-state index in [1.54, 1.807) is 6.20 Å². The molecule has 0 aliphatic heterocycles. The van der Waals surface area contributed by atoms with Crippen LogP contribution in [0.3, 0.4) is 0 Å². The minimum atomic E-state index is -0.361. The van der Waals surface area contributed by atoms with Crippen molar-refractivity contribution in [1.29, 1.82) is 0 Å². The lowest BCUT2D eigenvalue weighted by Gasteiger charge is -2.07. The molecular weight excluding hydrogens is 393 g/mol. The average molecular weight is 411 g/mol. The lowest BCUT2D eigenvalue weighted by atomic mass is 10.2. The highest BCUT2D eigenvalue weighted by atomic mass is 32.1. The molecule has 0 saturated heterocycles. The number of carbonyl (C=O) groups excluding carboxylic acids is 1. The Labute approximate surface area is 170 Å². The maximum Gasteiger partial charge on any atom is 0.264 e. The zero-order valence-electron chi connectivity index (χ0n) is 15.6. The molecule has 4 aromatic rings. The molecule has 4 rings (SSSR count). The molecule has 0 aliphatic rings. The van der Waals surface area contributed by atoms with Crippen LogP contribution in [0.4, 0.5) is 9.52 Å². The van der Waals surface area contributed by atoms with Crippen molar-refractivity contribution in [2.45, 2.75) is 13.3 Å². The van der Waals surface area contributed by atoms with E-state index in [1.165, 1.54) is 35.6 Å². The van der Waals surface area contributed by atoms with Gasteiger partial charge in [-0.2, -0.15) is 0 Å². The Bertz CT molecular complexity index is 1160. The summed E-state index contributed by atoms with van der Waals surface area (Å²) < 4.78 is 25.0. The number of anilines is 1. The van der Waals surface area contributed by atoms with Gasteiger partial charge in [-0.05, 0) is 42.8 Å². The molecule has 2 heterocycles. The summed E-state index contributed by atoms with van der Waals surface area (Å²) in [6, 6.07) is 11.2. The Kier molecular flexibility index (Phi) is 5.53. The van der Waals surface area contributed by atoms with Gasteiger partial charge in [0.25, 0.3) is 5.91 Å². The van der Waals surface area contributed by atoms with Crippen molar-refractivity contribution in [2.24, 2.45) is 0 Å². The number of halogens is 1. The van der Waals surface area contributed by atoms with Crippen LogP contribution in [0.25, 0.3) is 21.1 Å². The molecule has 0 fully saturated rings. The summed E-state index contributed by atoms with van der Waals surface area (Å²) in [6.45, 7) is 2.44. The van der Waals surface area contributed by atoms with E-state index in [1.807, 2.05) is 25.1 Å². The van der Waals surface area contributed by atoms with Crippen LogP contribution in [-0.2, 0) is 4.79 Å². The quantitative estimate of drug-likeness (QED) is 0.473. The number of fused-ring (bicyclic) bond motifs is 3. The van der Waals surface area contributed by atoms with Crippen molar-refractivity contribution in [3.05, 3.63) is 54.5 Å². The molecule has 0 saturated carbocycles. The number of nitrogens with zero attached hydrogens (tertiary/aromatic N) is 2. The number of hydrogen-bond acceptors (Lipinski definition) is 6. The molecule has 6 nitrogen and oxygen atoms in total. The smallest absolute Gasteiger partial charge is 0.264 e. The fraction of sp³-hybridized carbons (Fsp3) is 0.190. The molecule has 0 aliphatic carbocycles. The second kappa shape index (κ2) is 8.40. The first-order valence-corrected chi connectivity index (χ1v) is 9.95. The van der Waals surface area contributed by atoms with Crippen molar-refractivity contribution >= 4 is 43.5 Å². The van der Waals surface area contributed by atoms with Crippen LogP contribution >= 0.6 is 11.3 Å². The van der Waals surface area contributed by atoms with E-state index in [0.717, 1.165) is 27.5 Å². The topological polar surface area (TPSA) is 73.3 Å². The number of hydrogen-bond donors (Lipinski definition) is 1. The van der Waals surface area contributed by atoms with Crippen LogP contribution in [0.2, 0.25) is 0 Å². The molecule has 1 N–H and O–H groups in total. The summed E-state index contributed by atoms with van der Waals surface area (Å²) in [5.74, 6) is 0.412. The number of carbonyl (C=O) groups is 1. The van der Waals surface area contributed by atoms with Crippen molar-refractivity contribution in [3.63, 3.8) is 0 Å². The summed E-state index contributed by atoms with van der Waals surface area (Å²) in [7, 11) is 0. The van der Waals surface area contributed by atoms with Crippen molar-refractivity contribution in [3.8, 4) is 11.5 Å². The number of thiazole rings is 1. The molecule has 29 heavy (non-hydrogen) atoms. The summed E-state index contributed by atoms with van der Waals surface area (Å²) in [4.78, 5) is 21.2. The highest BCUT2D eigenvalue weighted by Crippen LogP contribution is 2.36. The Morgan fingerprint density at radius 1 is 1.17 bits per heavy atom. The van der Waals surface area contributed by atoms with E-state index < -0.39 is 0 Å².